The normalized spacial score (nSPS) is 15.1. The number of aryl methyl sites for hydroxylation is 2. The molecule has 1 aromatic rings. The zero-order valence-corrected chi connectivity index (χ0v) is 12.4. The molecule has 0 N–H and O–H groups in total. The molecule has 0 spiro atoms. The molecule has 0 radical (unpaired) electrons. The van der Waals surface area contributed by atoms with Crippen molar-refractivity contribution in [3.05, 3.63) is 34.9 Å². The van der Waals surface area contributed by atoms with E-state index in [1.54, 1.807) is 0 Å². The lowest BCUT2D eigenvalue weighted by atomic mass is 10.0. The first-order chi connectivity index (χ1) is 9.63. The standard InChI is InChI=1S/C17H22N2O/c1-13-8-9-15(12-14(13)2)17(20)19(11-5-10-18)16-6-3-4-7-16/h8-9,12,16H,3-7,11H2,1-2H3. The van der Waals surface area contributed by atoms with Crippen molar-refractivity contribution in [3.63, 3.8) is 0 Å². The minimum atomic E-state index is 0.0789. The third kappa shape index (κ3) is 3.19. The van der Waals surface area contributed by atoms with Gasteiger partial charge >= 0.3 is 0 Å². The van der Waals surface area contributed by atoms with E-state index in [1.807, 2.05) is 36.9 Å². The first-order valence-corrected chi connectivity index (χ1v) is 7.38. The van der Waals surface area contributed by atoms with Crippen LogP contribution in [0.1, 0.15) is 53.6 Å². The summed E-state index contributed by atoms with van der Waals surface area (Å²) >= 11 is 0. The summed E-state index contributed by atoms with van der Waals surface area (Å²) in [7, 11) is 0. The third-order valence-electron chi connectivity index (χ3n) is 4.24. The van der Waals surface area contributed by atoms with Gasteiger partial charge in [0.2, 0.25) is 0 Å². The number of rotatable bonds is 4. The number of carbonyl (C=O) groups excluding carboxylic acids is 1. The average Bonchev–Trinajstić information content (AvgIpc) is 2.96. The average molecular weight is 270 g/mol. The van der Waals surface area contributed by atoms with Crippen LogP contribution in [0, 0.1) is 25.2 Å². The molecule has 0 atom stereocenters. The number of benzene rings is 1. The summed E-state index contributed by atoms with van der Waals surface area (Å²) in [6.45, 7) is 4.63. The van der Waals surface area contributed by atoms with Gasteiger partial charge in [-0.25, -0.2) is 0 Å². The van der Waals surface area contributed by atoms with Crippen LogP contribution in [0.15, 0.2) is 18.2 Å². The molecule has 20 heavy (non-hydrogen) atoms. The minimum Gasteiger partial charge on any atom is -0.335 e. The Morgan fingerprint density at radius 3 is 2.60 bits per heavy atom. The van der Waals surface area contributed by atoms with E-state index in [9.17, 15) is 4.79 Å². The van der Waals surface area contributed by atoms with E-state index in [4.69, 9.17) is 5.26 Å². The van der Waals surface area contributed by atoms with Crippen LogP contribution in [0.25, 0.3) is 0 Å². The fraction of sp³-hybridized carbons (Fsp3) is 0.529. The molecule has 0 heterocycles. The molecule has 1 aromatic carbocycles. The Bertz CT molecular complexity index is 524. The van der Waals surface area contributed by atoms with Crippen LogP contribution in [0.5, 0.6) is 0 Å². The van der Waals surface area contributed by atoms with Gasteiger partial charge in [-0.1, -0.05) is 18.9 Å². The van der Waals surface area contributed by atoms with E-state index in [-0.39, 0.29) is 5.91 Å². The molecule has 106 valence electrons. The quantitative estimate of drug-likeness (QED) is 0.839. The fourth-order valence-electron chi connectivity index (χ4n) is 2.88. The second kappa shape index (κ2) is 6.56. The van der Waals surface area contributed by atoms with Crippen LogP contribution >= 0.6 is 0 Å². The van der Waals surface area contributed by atoms with Crippen molar-refractivity contribution >= 4 is 5.91 Å². The molecule has 0 saturated heterocycles. The predicted molar refractivity (Wildman–Crippen MR) is 79.4 cm³/mol. The van der Waals surface area contributed by atoms with Crippen molar-refractivity contribution in [1.29, 1.82) is 5.26 Å². The Hall–Kier alpha value is -1.82. The molecule has 0 bridgehead atoms. The van der Waals surface area contributed by atoms with Crippen molar-refractivity contribution in [2.45, 2.75) is 52.0 Å². The third-order valence-corrected chi connectivity index (χ3v) is 4.24. The summed E-state index contributed by atoms with van der Waals surface area (Å²) in [5.74, 6) is 0.0789. The summed E-state index contributed by atoms with van der Waals surface area (Å²) in [6, 6.07) is 8.34. The van der Waals surface area contributed by atoms with Gasteiger partial charge < -0.3 is 4.90 Å². The van der Waals surface area contributed by atoms with Gasteiger partial charge in [0.1, 0.15) is 0 Å². The summed E-state index contributed by atoms with van der Waals surface area (Å²) in [4.78, 5) is 14.6. The molecule has 3 nitrogen and oxygen atoms in total. The van der Waals surface area contributed by atoms with Gasteiger partial charge in [-0.05, 0) is 49.9 Å². The maximum atomic E-state index is 12.7. The van der Waals surface area contributed by atoms with E-state index >= 15 is 0 Å². The summed E-state index contributed by atoms with van der Waals surface area (Å²) in [5, 5.41) is 8.80. The van der Waals surface area contributed by atoms with Crippen molar-refractivity contribution in [2.24, 2.45) is 0 Å². The van der Waals surface area contributed by atoms with Gasteiger partial charge in [-0.3, -0.25) is 4.79 Å². The number of nitriles is 1. The smallest absolute Gasteiger partial charge is 0.254 e. The first kappa shape index (κ1) is 14.6. The summed E-state index contributed by atoms with van der Waals surface area (Å²) in [5.41, 5.74) is 3.09. The minimum absolute atomic E-state index is 0.0789. The molecule has 2 rings (SSSR count). The van der Waals surface area contributed by atoms with Gasteiger partial charge in [0.15, 0.2) is 0 Å². The lowest BCUT2D eigenvalue weighted by Crippen LogP contribution is -2.39. The van der Waals surface area contributed by atoms with Crippen molar-refractivity contribution in [3.8, 4) is 6.07 Å². The molecular weight excluding hydrogens is 248 g/mol. The molecule has 1 fully saturated rings. The van der Waals surface area contributed by atoms with Crippen LogP contribution in [-0.2, 0) is 0 Å². The van der Waals surface area contributed by atoms with Gasteiger partial charge in [-0.2, -0.15) is 5.26 Å². The van der Waals surface area contributed by atoms with E-state index in [0.717, 1.165) is 24.0 Å². The highest BCUT2D eigenvalue weighted by Gasteiger charge is 2.27. The lowest BCUT2D eigenvalue weighted by molar-refractivity contribution is 0.0686. The predicted octanol–water partition coefficient (Wildman–Crippen LogP) is 3.60. The molecule has 1 aliphatic rings. The van der Waals surface area contributed by atoms with Crippen LogP contribution < -0.4 is 0 Å². The Labute approximate surface area is 121 Å². The SMILES string of the molecule is Cc1ccc(C(=O)N(CCC#N)C2CCCC2)cc1C. The molecule has 0 aromatic heterocycles. The van der Waals surface area contributed by atoms with Crippen LogP contribution in [0.3, 0.4) is 0 Å². The fourth-order valence-corrected chi connectivity index (χ4v) is 2.88. The van der Waals surface area contributed by atoms with E-state index in [0.29, 0.717) is 19.0 Å². The molecule has 3 heteroatoms. The monoisotopic (exact) mass is 270 g/mol. The van der Waals surface area contributed by atoms with E-state index in [2.05, 4.69) is 6.07 Å². The second-order valence-electron chi connectivity index (χ2n) is 5.64. The summed E-state index contributed by atoms with van der Waals surface area (Å²) < 4.78 is 0. The molecule has 0 unspecified atom stereocenters. The highest BCUT2D eigenvalue weighted by atomic mass is 16.2. The number of carbonyl (C=O) groups is 1. The number of nitrogens with zero attached hydrogens (tertiary/aromatic N) is 2. The highest BCUT2D eigenvalue weighted by molar-refractivity contribution is 5.94. The number of amides is 1. The Morgan fingerprint density at radius 1 is 1.30 bits per heavy atom. The number of hydrogen-bond donors (Lipinski definition) is 0. The van der Waals surface area contributed by atoms with Crippen molar-refractivity contribution in [1.82, 2.24) is 4.90 Å². The first-order valence-electron chi connectivity index (χ1n) is 7.38. The number of hydrogen-bond acceptors (Lipinski definition) is 2. The Kier molecular flexibility index (Phi) is 4.79. The molecule has 1 aliphatic carbocycles. The van der Waals surface area contributed by atoms with E-state index in [1.165, 1.54) is 18.4 Å². The highest BCUT2D eigenvalue weighted by Crippen LogP contribution is 2.25. The van der Waals surface area contributed by atoms with Crippen molar-refractivity contribution < 1.29 is 4.79 Å². The van der Waals surface area contributed by atoms with E-state index < -0.39 is 0 Å². The zero-order valence-electron chi connectivity index (χ0n) is 12.4. The van der Waals surface area contributed by atoms with Crippen LogP contribution in [0.2, 0.25) is 0 Å². The zero-order chi connectivity index (χ0) is 14.5. The second-order valence-corrected chi connectivity index (χ2v) is 5.64. The molecule has 1 saturated carbocycles. The van der Waals surface area contributed by atoms with Crippen LogP contribution in [0.4, 0.5) is 0 Å². The van der Waals surface area contributed by atoms with Gasteiger partial charge in [0.05, 0.1) is 12.5 Å². The topological polar surface area (TPSA) is 44.1 Å². The van der Waals surface area contributed by atoms with Crippen molar-refractivity contribution in [2.75, 3.05) is 6.54 Å². The van der Waals surface area contributed by atoms with Gasteiger partial charge in [-0.15, -0.1) is 0 Å². The molecule has 1 amide bonds. The Morgan fingerprint density at radius 2 is 2.00 bits per heavy atom. The molecular formula is C17H22N2O. The van der Waals surface area contributed by atoms with Gasteiger partial charge in [0, 0.05) is 18.2 Å². The summed E-state index contributed by atoms with van der Waals surface area (Å²) in [6.07, 6.45) is 4.93. The van der Waals surface area contributed by atoms with Crippen LogP contribution in [-0.4, -0.2) is 23.4 Å². The Balaban J connectivity index is 2.20. The molecule has 0 aliphatic heterocycles. The largest absolute Gasteiger partial charge is 0.335 e. The lowest BCUT2D eigenvalue weighted by Gasteiger charge is -2.28. The maximum absolute atomic E-state index is 12.7. The maximum Gasteiger partial charge on any atom is 0.254 e. The van der Waals surface area contributed by atoms with Gasteiger partial charge in [0.25, 0.3) is 5.91 Å².